The SMILES string of the molecule is CC(C)(C)OC(=O)n1cnc(C=O)n1.O=Cc1ccccc1. The summed E-state index contributed by atoms with van der Waals surface area (Å²) < 4.78 is 5.87. The average Bonchev–Trinajstić information content (AvgIpc) is 2.96. The Hall–Kier alpha value is -2.83. The molecular weight excluding hydrogens is 286 g/mol. The summed E-state index contributed by atoms with van der Waals surface area (Å²) in [5, 5.41) is 3.58. The topological polar surface area (TPSA) is 91.2 Å². The molecule has 0 unspecified atom stereocenters. The van der Waals surface area contributed by atoms with Crippen molar-refractivity contribution in [3.8, 4) is 0 Å². The normalized spacial score (nSPS) is 10.1. The molecule has 0 saturated heterocycles. The lowest BCUT2D eigenvalue weighted by atomic mass is 10.2. The molecule has 1 aromatic carbocycles. The predicted molar refractivity (Wildman–Crippen MR) is 78.9 cm³/mol. The van der Waals surface area contributed by atoms with Gasteiger partial charge >= 0.3 is 6.09 Å². The second-order valence-corrected chi connectivity index (χ2v) is 5.17. The first kappa shape index (κ1) is 17.2. The Kier molecular flexibility index (Phi) is 6.12. The molecule has 2 rings (SSSR count). The van der Waals surface area contributed by atoms with Crippen molar-refractivity contribution in [2.24, 2.45) is 0 Å². The van der Waals surface area contributed by atoms with E-state index >= 15 is 0 Å². The zero-order valence-corrected chi connectivity index (χ0v) is 12.6. The molecule has 22 heavy (non-hydrogen) atoms. The Balaban J connectivity index is 0.000000255. The van der Waals surface area contributed by atoms with Crippen molar-refractivity contribution in [1.29, 1.82) is 0 Å². The number of carbonyl (C=O) groups excluding carboxylic acids is 3. The maximum atomic E-state index is 11.3. The van der Waals surface area contributed by atoms with Gasteiger partial charge in [0.1, 0.15) is 18.2 Å². The van der Waals surface area contributed by atoms with E-state index in [4.69, 9.17) is 4.74 Å². The molecule has 1 aromatic heterocycles. The van der Waals surface area contributed by atoms with Crippen LogP contribution in [-0.2, 0) is 4.74 Å². The third-order valence-electron chi connectivity index (χ3n) is 2.13. The highest BCUT2D eigenvalue weighted by Crippen LogP contribution is 2.07. The quantitative estimate of drug-likeness (QED) is 0.791. The summed E-state index contributed by atoms with van der Waals surface area (Å²) in [5.74, 6) is -0.0455. The van der Waals surface area contributed by atoms with E-state index in [0.717, 1.165) is 22.9 Å². The van der Waals surface area contributed by atoms with Crippen LogP contribution in [0.15, 0.2) is 36.7 Å². The number of ether oxygens (including phenoxy) is 1. The minimum absolute atomic E-state index is 0.0455. The zero-order valence-electron chi connectivity index (χ0n) is 12.6. The lowest BCUT2D eigenvalue weighted by molar-refractivity contribution is 0.0513. The van der Waals surface area contributed by atoms with Crippen molar-refractivity contribution in [3.63, 3.8) is 0 Å². The van der Waals surface area contributed by atoms with Crippen LogP contribution in [0.3, 0.4) is 0 Å². The molecule has 0 amide bonds. The van der Waals surface area contributed by atoms with Crippen LogP contribution in [0.5, 0.6) is 0 Å². The average molecular weight is 303 g/mol. The molecule has 0 bridgehead atoms. The molecular formula is C15H17N3O4. The molecule has 0 aliphatic rings. The second-order valence-electron chi connectivity index (χ2n) is 5.17. The first-order valence-electron chi connectivity index (χ1n) is 6.46. The number of hydrogen-bond acceptors (Lipinski definition) is 6. The van der Waals surface area contributed by atoms with Crippen LogP contribution >= 0.6 is 0 Å². The molecule has 0 spiro atoms. The van der Waals surface area contributed by atoms with E-state index in [9.17, 15) is 14.4 Å². The molecule has 0 saturated carbocycles. The van der Waals surface area contributed by atoms with E-state index in [1.807, 2.05) is 18.2 Å². The highest BCUT2D eigenvalue weighted by molar-refractivity contribution is 5.74. The van der Waals surface area contributed by atoms with Gasteiger partial charge in [0.05, 0.1) is 0 Å². The van der Waals surface area contributed by atoms with Gasteiger partial charge in [-0.25, -0.2) is 9.78 Å². The van der Waals surface area contributed by atoms with Crippen LogP contribution in [0.1, 0.15) is 41.7 Å². The molecule has 0 aliphatic heterocycles. The number of nitrogens with zero attached hydrogens (tertiary/aromatic N) is 3. The van der Waals surface area contributed by atoms with Gasteiger partial charge in [0.2, 0.25) is 5.82 Å². The monoisotopic (exact) mass is 303 g/mol. The van der Waals surface area contributed by atoms with Gasteiger partial charge in [-0.3, -0.25) is 9.59 Å². The highest BCUT2D eigenvalue weighted by atomic mass is 16.6. The minimum atomic E-state index is -0.655. The number of hydrogen-bond donors (Lipinski definition) is 0. The fraction of sp³-hybridized carbons (Fsp3) is 0.267. The predicted octanol–water partition coefficient (Wildman–Crippen LogP) is 2.37. The molecule has 116 valence electrons. The van der Waals surface area contributed by atoms with Gasteiger partial charge in [0.15, 0.2) is 6.29 Å². The third-order valence-corrected chi connectivity index (χ3v) is 2.13. The van der Waals surface area contributed by atoms with Gasteiger partial charge in [-0.05, 0) is 20.8 Å². The third kappa shape index (κ3) is 6.08. The number of aldehydes is 2. The molecule has 2 aromatic rings. The maximum absolute atomic E-state index is 11.3. The van der Waals surface area contributed by atoms with Crippen molar-refractivity contribution in [1.82, 2.24) is 14.8 Å². The van der Waals surface area contributed by atoms with E-state index < -0.39 is 11.7 Å². The second kappa shape index (κ2) is 7.82. The van der Waals surface area contributed by atoms with Crippen molar-refractivity contribution in [3.05, 3.63) is 48.0 Å². The van der Waals surface area contributed by atoms with Gasteiger partial charge in [-0.1, -0.05) is 30.3 Å². The Morgan fingerprint density at radius 1 is 1.14 bits per heavy atom. The maximum Gasteiger partial charge on any atom is 0.436 e. The summed E-state index contributed by atoms with van der Waals surface area (Å²) >= 11 is 0. The molecule has 1 heterocycles. The first-order chi connectivity index (χ1) is 10.4. The number of carbonyl (C=O) groups is 3. The van der Waals surface area contributed by atoms with Gasteiger partial charge in [-0.2, -0.15) is 4.68 Å². The van der Waals surface area contributed by atoms with E-state index in [2.05, 4.69) is 10.1 Å². The van der Waals surface area contributed by atoms with Gasteiger partial charge < -0.3 is 4.74 Å². The Bertz CT molecular complexity index is 630. The Labute approximate surface area is 127 Å². The summed E-state index contributed by atoms with van der Waals surface area (Å²) in [6.45, 7) is 5.22. The molecule has 0 atom stereocenters. The fourth-order valence-corrected chi connectivity index (χ4v) is 1.26. The van der Waals surface area contributed by atoms with E-state index in [1.54, 1.807) is 32.9 Å². The van der Waals surface area contributed by atoms with Crippen molar-refractivity contribution < 1.29 is 19.1 Å². The van der Waals surface area contributed by atoms with Crippen LogP contribution < -0.4 is 0 Å². The smallest absolute Gasteiger partial charge is 0.436 e. The van der Waals surface area contributed by atoms with Crippen LogP contribution in [-0.4, -0.2) is 39.0 Å². The Morgan fingerprint density at radius 2 is 1.77 bits per heavy atom. The lowest BCUT2D eigenvalue weighted by Crippen LogP contribution is -2.27. The highest BCUT2D eigenvalue weighted by Gasteiger charge is 2.18. The lowest BCUT2D eigenvalue weighted by Gasteiger charge is -2.18. The molecule has 0 fully saturated rings. The summed E-state index contributed by atoms with van der Waals surface area (Å²) in [4.78, 5) is 35.1. The summed E-state index contributed by atoms with van der Waals surface area (Å²) in [7, 11) is 0. The fourth-order valence-electron chi connectivity index (χ4n) is 1.26. The van der Waals surface area contributed by atoms with E-state index in [1.165, 1.54) is 0 Å². The summed E-state index contributed by atoms with van der Waals surface area (Å²) in [6.07, 6.45) is 1.77. The van der Waals surface area contributed by atoms with Gasteiger partial charge in [0.25, 0.3) is 0 Å². The molecule has 0 radical (unpaired) electrons. The van der Waals surface area contributed by atoms with Crippen molar-refractivity contribution in [2.75, 3.05) is 0 Å². The Morgan fingerprint density at radius 3 is 2.18 bits per heavy atom. The summed E-state index contributed by atoms with van der Waals surface area (Å²) in [5.41, 5.74) is 0.136. The van der Waals surface area contributed by atoms with Crippen LogP contribution in [0, 0.1) is 0 Å². The van der Waals surface area contributed by atoms with E-state index in [-0.39, 0.29) is 5.82 Å². The van der Waals surface area contributed by atoms with Crippen molar-refractivity contribution >= 4 is 18.7 Å². The largest absolute Gasteiger partial charge is 0.442 e. The zero-order chi connectivity index (χ0) is 16.6. The molecule has 0 aliphatic carbocycles. The standard InChI is InChI=1S/C8H11N3O3.C7H6O/c1-8(2,3)14-7(13)11-5-9-6(4-12)10-11;8-6-7-4-2-1-3-5-7/h4-5H,1-3H3;1-6H. The first-order valence-corrected chi connectivity index (χ1v) is 6.46. The van der Waals surface area contributed by atoms with Crippen LogP contribution in [0.2, 0.25) is 0 Å². The van der Waals surface area contributed by atoms with Crippen molar-refractivity contribution in [2.45, 2.75) is 26.4 Å². The molecule has 7 nitrogen and oxygen atoms in total. The molecule has 0 N–H and O–H groups in total. The summed E-state index contributed by atoms with van der Waals surface area (Å²) in [6, 6.07) is 9.10. The number of rotatable bonds is 2. The number of benzene rings is 1. The van der Waals surface area contributed by atoms with E-state index in [0.29, 0.717) is 6.29 Å². The number of aromatic nitrogens is 3. The van der Waals surface area contributed by atoms with Gasteiger partial charge in [0, 0.05) is 5.56 Å². The molecule has 7 heteroatoms. The minimum Gasteiger partial charge on any atom is -0.442 e. The van der Waals surface area contributed by atoms with Crippen LogP contribution in [0.25, 0.3) is 0 Å². The van der Waals surface area contributed by atoms with Crippen LogP contribution in [0.4, 0.5) is 4.79 Å². The van der Waals surface area contributed by atoms with Gasteiger partial charge in [-0.15, -0.1) is 5.10 Å².